The first kappa shape index (κ1) is 16.1. The number of carbonyl (C=O) groups excluding carboxylic acids is 1. The molecule has 1 rings (SSSR count). The Kier molecular flexibility index (Phi) is 4.14. The molecule has 0 fully saturated rings. The number of ketones is 1. The van der Waals surface area contributed by atoms with Crippen LogP contribution in [0, 0.1) is 10.8 Å². The molecule has 0 aromatic rings. The van der Waals surface area contributed by atoms with Crippen LogP contribution in [0.1, 0.15) is 41.5 Å². The van der Waals surface area contributed by atoms with Crippen LogP contribution < -0.4 is 0 Å². The Morgan fingerprint density at radius 2 is 1.42 bits per heavy atom. The molecule has 0 spiro atoms. The summed E-state index contributed by atoms with van der Waals surface area (Å²) >= 11 is 0. The number of allylic oxidation sites excluding steroid dienone is 2. The Morgan fingerprint density at radius 3 is 1.74 bits per heavy atom. The van der Waals surface area contributed by atoms with Crippen molar-refractivity contribution >= 4 is 5.78 Å². The summed E-state index contributed by atoms with van der Waals surface area (Å²) in [7, 11) is 3.01. The number of methoxy groups -OCH3 is 2. The highest BCUT2D eigenvalue weighted by atomic mass is 16.7. The summed E-state index contributed by atoms with van der Waals surface area (Å²) in [6, 6.07) is 0. The Labute approximate surface area is 116 Å². The minimum absolute atomic E-state index is 0.0699. The maximum atomic E-state index is 12.7. The van der Waals surface area contributed by atoms with E-state index in [2.05, 4.69) is 20.8 Å². The van der Waals surface area contributed by atoms with Gasteiger partial charge < -0.3 is 9.47 Å². The number of ether oxygens (including phenoxy) is 2. The Bertz CT molecular complexity index is 424. The minimum atomic E-state index is -1.29. The summed E-state index contributed by atoms with van der Waals surface area (Å²) < 4.78 is 10.8. The summed E-state index contributed by atoms with van der Waals surface area (Å²) in [5.74, 6) is -1.40. The maximum absolute atomic E-state index is 12.7. The molecule has 1 aliphatic carbocycles. The van der Waals surface area contributed by atoms with Gasteiger partial charge in [-0.15, -0.1) is 0 Å². The molecule has 0 N–H and O–H groups in total. The van der Waals surface area contributed by atoms with Crippen molar-refractivity contribution in [3.63, 3.8) is 0 Å². The van der Waals surface area contributed by atoms with Gasteiger partial charge >= 0.3 is 0 Å². The third-order valence-corrected chi connectivity index (χ3v) is 3.49. The molecule has 0 saturated heterocycles. The average Bonchev–Trinajstić information content (AvgIpc) is 2.26. The standard InChI is InChI=1S/C16H26O3/c1-14(2,3)11-9-12(15(4,5)6)13(17)16(10-11,18-7)19-8/h9-10H,1-8H3. The van der Waals surface area contributed by atoms with Crippen molar-refractivity contribution in [2.75, 3.05) is 14.2 Å². The second-order valence-corrected chi connectivity index (χ2v) is 7.06. The van der Waals surface area contributed by atoms with Crippen LogP contribution in [0.3, 0.4) is 0 Å². The lowest BCUT2D eigenvalue weighted by molar-refractivity contribution is -0.183. The van der Waals surface area contributed by atoms with E-state index in [1.54, 1.807) is 6.08 Å². The van der Waals surface area contributed by atoms with Crippen molar-refractivity contribution in [2.45, 2.75) is 47.3 Å². The fourth-order valence-electron chi connectivity index (χ4n) is 2.10. The van der Waals surface area contributed by atoms with Crippen LogP contribution in [0.4, 0.5) is 0 Å². The lowest BCUT2D eigenvalue weighted by atomic mass is 9.73. The minimum Gasteiger partial charge on any atom is -0.344 e. The third-order valence-electron chi connectivity index (χ3n) is 3.49. The smallest absolute Gasteiger partial charge is 0.253 e. The van der Waals surface area contributed by atoms with Crippen molar-refractivity contribution in [3.05, 3.63) is 23.3 Å². The molecule has 0 aromatic heterocycles. The SMILES string of the molecule is COC1(OC)C=C(C(C)(C)C)C=C(C(C)(C)C)C1=O. The molecule has 1 aliphatic rings. The first-order valence-electron chi connectivity index (χ1n) is 6.58. The summed E-state index contributed by atoms with van der Waals surface area (Å²) in [6.07, 6.45) is 3.78. The van der Waals surface area contributed by atoms with Gasteiger partial charge in [0, 0.05) is 19.8 Å². The van der Waals surface area contributed by atoms with Crippen molar-refractivity contribution in [2.24, 2.45) is 10.8 Å². The molecule has 0 saturated carbocycles. The molecule has 19 heavy (non-hydrogen) atoms. The van der Waals surface area contributed by atoms with Gasteiger partial charge in [-0.2, -0.15) is 0 Å². The van der Waals surface area contributed by atoms with Crippen LogP contribution in [-0.2, 0) is 14.3 Å². The molecule has 3 heteroatoms. The van der Waals surface area contributed by atoms with E-state index in [-0.39, 0.29) is 16.6 Å². The molecule has 3 nitrogen and oxygen atoms in total. The lowest BCUT2D eigenvalue weighted by Crippen LogP contribution is -2.46. The van der Waals surface area contributed by atoms with Crippen molar-refractivity contribution in [3.8, 4) is 0 Å². The molecule has 0 amide bonds. The van der Waals surface area contributed by atoms with E-state index in [4.69, 9.17) is 9.47 Å². The molecule has 0 heterocycles. The molecular formula is C16H26O3. The molecule has 108 valence electrons. The van der Waals surface area contributed by atoms with E-state index in [1.807, 2.05) is 26.8 Å². The summed E-state index contributed by atoms with van der Waals surface area (Å²) in [5.41, 5.74) is 1.48. The molecular weight excluding hydrogens is 240 g/mol. The number of hydrogen-bond acceptors (Lipinski definition) is 3. The van der Waals surface area contributed by atoms with E-state index in [9.17, 15) is 4.79 Å². The summed E-state index contributed by atoms with van der Waals surface area (Å²) in [6.45, 7) is 12.4. The Morgan fingerprint density at radius 1 is 0.947 bits per heavy atom. The fourth-order valence-corrected chi connectivity index (χ4v) is 2.10. The van der Waals surface area contributed by atoms with Gasteiger partial charge in [0.05, 0.1) is 0 Å². The third kappa shape index (κ3) is 2.98. The van der Waals surface area contributed by atoms with E-state index in [0.29, 0.717) is 0 Å². The number of rotatable bonds is 2. The van der Waals surface area contributed by atoms with E-state index >= 15 is 0 Å². The van der Waals surface area contributed by atoms with Crippen molar-refractivity contribution in [1.29, 1.82) is 0 Å². The van der Waals surface area contributed by atoms with E-state index in [0.717, 1.165) is 11.1 Å². The van der Waals surface area contributed by atoms with E-state index < -0.39 is 5.79 Å². The first-order valence-corrected chi connectivity index (χ1v) is 6.58. The van der Waals surface area contributed by atoms with Gasteiger partial charge in [-0.3, -0.25) is 4.79 Å². The molecule has 0 aliphatic heterocycles. The van der Waals surface area contributed by atoms with Crippen LogP contribution in [0.5, 0.6) is 0 Å². The lowest BCUT2D eigenvalue weighted by Gasteiger charge is -2.37. The van der Waals surface area contributed by atoms with Crippen molar-refractivity contribution in [1.82, 2.24) is 0 Å². The van der Waals surface area contributed by atoms with E-state index in [1.165, 1.54) is 14.2 Å². The summed E-state index contributed by atoms with van der Waals surface area (Å²) in [4.78, 5) is 12.7. The van der Waals surface area contributed by atoms with Crippen molar-refractivity contribution < 1.29 is 14.3 Å². The predicted octanol–water partition coefficient (Wildman–Crippen LogP) is 3.50. The van der Waals surface area contributed by atoms with Gasteiger partial charge in [-0.25, -0.2) is 0 Å². The summed E-state index contributed by atoms with van der Waals surface area (Å²) in [5, 5.41) is 0. The van der Waals surface area contributed by atoms with Gasteiger partial charge in [0.1, 0.15) is 0 Å². The molecule has 0 aromatic carbocycles. The quantitative estimate of drug-likeness (QED) is 0.718. The van der Waals surface area contributed by atoms with Crippen LogP contribution in [0.25, 0.3) is 0 Å². The Balaban J connectivity index is 3.48. The van der Waals surface area contributed by atoms with Crippen LogP contribution in [-0.4, -0.2) is 25.8 Å². The van der Waals surface area contributed by atoms with Gasteiger partial charge in [0.2, 0.25) is 5.78 Å². The number of carbonyl (C=O) groups is 1. The van der Waals surface area contributed by atoms with Crippen LogP contribution in [0.15, 0.2) is 23.3 Å². The zero-order chi connectivity index (χ0) is 15.1. The fraction of sp³-hybridized carbons (Fsp3) is 0.688. The molecule has 0 radical (unpaired) electrons. The molecule has 0 atom stereocenters. The van der Waals surface area contributed by atoms with Gasteiger partial charge in [0.25, 0.3) is 5.79 Å². The van der Waals surface area contributed by atoms with Gasteiger partial charge in [0.15, 0.2) is 0 Å². The predicted molar refractivity (Wildman–Crippen MR) is 76.8 cm³/mol. The number of hydrogen-bond donors (Lipinski definition) is 0. The average molecular weight is 266 g/mol. The van der Waals surface area contributed by atoms with Gasteiger partial charge in [-0.05, 0) is 22.5 Å². The van der Waals surface area contributed by atoms with Gasteiger partial charge in [-0.1, -0.05) is 47.6 Å². The highest BCUT2D eigenvalue weighted by molar-refractivity contribution is 6.05. The first-order chi connectivity index (χ1) is 8.48. The van der Waals surface area contributed by atoms with Crippen LogP contribution in [0.2, 0.25) is 0 Å². The highest BCUT2D eigenvalue weighted by Gasteiger charge is 2.45. The topological polar surface area (TPSA) is 35.5 Å². The monoisotopic (exact) mass is 266 g/mol. The molecule has 0 unspecified atom stereocenters. The van der Waals surface area contributed by atoms with Crippen LogP contribution >= 0.6 is 0 Å². The zero-order valence-corrected chi connectivity index (χ0v) is 13.4. The second kappa shape index (κ2) is 4.88. The second-order valence-electron chi connectivity index (χ2n) is 7.06. The molecule has 0 bridgehead atoms. The normalized spacial score (nSPS) is 20.1. The largest absolute Gasteiger partial charge is 0.344 e. The maximum Gasteiger partial charge on any atom is 0.253 e. The Hall–Kier alpha value is -0.930. The number of Topliss-reactive ketones (excluding diaryl/α,β-unsaturated/α-hetero) is 1. The zero-order valence-electron chi connectivity index (χ0n) is 13.4. The highest BCUT2D eigenvalue weighted by Crippen LogP contribution is 2.41.